The number of thioether (sulfide) groups is 1. The van der Waals surface area contributed by atoms with E-state index in [4.69, 9.17) is 0 Å². The summed E-state index contributed by atoms with van der Waals surface area (Å²) >= 11 is 1.53. The van der Waals surface area contributed by atoms with E-state index >= 15 is 0 Å². The number of nitro groups is 1. The lowest BCUT2D eigenvalue weighted by Gasteiger charge is -2.10. The van der Waals surface area contributed by atoms with Gasteiger partial charge in [-0.2, -0.15) is 0 Å². The molecule has 0 aliphatic carbocycles. The first-order valence-corrected chi connectivity index (χ1v) is 7.51. The van der Waals surface area contributed by atoms with E-state index < -0.39 is 4.92 Å². The molecular formula is C15H16N2O3S. The van der Waals surface area contributed by atoms with Crippen LogP contribution in [0.1, 0.15) is 12.5 Å². The minimum Gasteiger partial charge on any atom is -0.508 e. The van der Waals surface area contributed by atoms with E-state index in [1.807, 2.05) is 13.0 Å². The molecule has 0 unspecified atom stereocenters. The first-order valence-electron chi connectivity index (χ1n) is 6.53. The molecule has 0 amide bonds. The van der Waals surface area contributed by atoms with Crippen molar-refractivity contribution in [3.05, 3.63) is 58.1 Å². The van der Waals surface area contributed by atoms with Gasteiger partial charge in [0, 0.05) is 35.0 Å². The number of benzene rings is 2. The highest BCUT2D eigenvalue weighted by molar-refractivity contribution is 7.98. The monoisotopic (exact) mass is 304 g/mol. The molecule has 2 rings (SSSR count). The van der Waals surface area contributed by atoms with Gasteiger partial charge >= 0.3 is 0 Å². The zero-order valence-corrected chi connectivity index (χ0v) is 12.4. The summed E-state index contributed by atoms with van der Waals surface area (Å²) < 4.78 is 0. The fourth-order valence-electron chi connectivity index (χ4n) is 1.91. The van der Waals surface area contributed by atoms with E-state index in [1.54, 1.807) is 30.3 Å². The van der Waals surface area contributed by atoms with Crippen LogP contribution in [0.25, 0.3) is 0 Å². The highest BCUT2D eigenvalue weighted by Gasteiger charge is 2.11. The predicted octanol–water partition coefficient (Wildman–Crippen LogP) is 4.02. The van der Waals surface area contributed by atoms with Gasteiger partial charge in [-0.3, -0.25) is 10.1 Å². The number of phenols is 1. The van der Waals surface area contributed by atoms with Crippen LogP contribution >= 0.6 is 11.8 Å². The van der Waals surface area contributed by atoms with Gasteiger partial charge in [0.25, 0.3) is 5.69 Å². The number of phenolic OH excluding ortho intramolecular Hbond substituents is 1. The Morgan fingerprint density at radius 3 is 2.76 bits per heavy atom. The van der Waals surface area contributed by atoms with Gasteiger partial charge in [-0.1, -0.05) is 6.07 Å². The Kier molecular flexibility index (Phi) is 5.05. The summed E-state index contributed by atoms with van der Waals surface area (Å²) in [6.07, 6.45) is 0. The third-order valence-electron chi connectivity index (χ3n) is 2.88. The van der Waals surface area contributed by atoms with Gasteiger partial charge in [-0.05, 0) is 36.8 Å². The Morgan fingerprint density at radius 1 is 1.29 bits per heavy atom. The van der Waals surface area contributed by atoms with E-state index in [9.17, 15) is 15.2 Å². The van der Waals surface area contributed by atoms with Gasteiger partial charge in [-0.15, -0.1) is 11.8 Å². The number of aromatic hydroxyl groups is 1. The summed E-state index contributed by atoms with van der Waals surface area (Å²) in [6.45, 7) is 2.73. The third kappa shape index (κ3) is 4.13. The molecule has 0 saturated heterocycles. The van der Waals surface area contributed by atoms with E-state index in [-0.39, 0.29) is 11.4 Å². The molecule has 2 N–H and O–H groups in total. The highest BCUT2D eigenvalue weighted by atomic mass is 32.2. The molecule has 0 radical (unpaired) electrons. The third-order valence-corrected chi connectivity index (χ3v) is 3.92. The SMILES string of the molecule is CCNc1ccc([N+](=O)[O-])cc1CSc1cccc(O)c1. The van der Waals surface area contributed by atoms with Crippen LogP contribution in [-0.4, -0.2) is 16.6 Å². The summed E-state index contributed by atoms with van der Waals surface area (Å²) in [5, 5.41) is 23.5. The smallest absolute Gasteiger partial charge is 0.269 e. The zero-order valence-electron chi connectivity index (χ0n) is 11.6. The second-order valence-electron chi connectivity index (χ2n) is 4.41. The van der Waals surface area contributed by atoms with Crippen molar-refractivity contribution in [1.82, 2.24) is 0 Å². The Labute approximate surface area is 127 Å². The van der Waals surface area contributed by atoms with E-state index in [0.29, 0.717) is 5.75 Å². The molecule has 0 aliphatic heterocycles. The molecule has 21 heavy (non-hydrogen) atoms. The summed E-state index contributed by atoms with van der Waals surface area (Å²) in [5.74, 6) is 0.805. The number of non-ortho nitro benzene ring substituents is 1. The van der Waals surface area contributed by atoms with Crippen LogP contribution in [0, 0.1) is 10.1 Å². The van der Waals surface area contributed by atoms with Gasteiger partial charge in [0.05, 0.1) is 4.92 Å². The molecule has 0 spiro atoms. The second-order valence-corrected chi connectivity index (χ2v) is 5.46. The molecule has 6 heteroatoms. The maximum absolute atomic E-state index is 10.9. The Balaban J connectivity index is 2.20. The standard InChI is InChI=1S/C15H16N2O3S/c1-2-16-15-7-6-12(17(19)20)8-11(15)10-21-14-5-3-4-13(18)9-14/h3-9,16,18H,2,10H2,1H3. The van der Waals surface area contributed by atoms with Gasteiger partial charge in [-0.25, -0.2) is 0 Å². The number of anilines is 1. The molecule has 0 aliphatic rings. The van der Waals surface area contributed by atoms with Crippen molar-refractivity contribution >= 4 is 23.1 Å². The zero-order chi connectivity index (χ0) is 15.2. The minimum absolute atomic E-state index is 0.0863. The lowest BCUT2D eigenvalue weighted by atomic mass is 10.2. The van der Waals surface area contributed by atoms with E-state index in [2.05, 4.69) is 5.32 Å². The van der Waals surface area contributed by atoms with Crippen molar-refractivity contribution in [2.75, 3.05) is 11.9 Å². The lowest BCUT2D eigenvalue weighted by Crippen LogP contribution is -2.01. The van der Waals surface area contributed by atoms with Crippen LogP contribution < -0.4 is 5.32 Å². The molecule has 0 atom stereocenters. The number of hydrogen-bond donors (Lipinski definition) is 2. The number of hydrogen-bond acceptors (Lipinski definition) is 5. The minimum atomic E-state index is -0.391. The van der Waals surface area contributed by atoms with Crippen LogP contribution in [0.5, 0.6) is 5.75 Å². The van der Waals surface area contributed by atoms with Crippen LogP contribution in [0.2, 0.25) is 0 Å². The molecule has 0 aromatic heterocycles. The van der Waals surface area contributed by atoms with Crippen LogP contribution in [-0.2, 0) is 5.75 Å². The molecule has 0 heterocycles. The molecular weight excluding hydrogens is 288 g/mol. The number of rotatable bonds is 6. The summed E-state index contributed by atoms with van der Waals surface area (Å²) in [6, 6.07) is 11.8. The summed E-state index contributed by atoms with van der Waals surface area (Å²) in [5.41, 5.74) is 1.86. The predicted molar refractivity (Wildman–Crippen MR) is 84.9 cm³/mol. The molecule has 110 valence electrons. The summed E-state index contributed by atoms with van der Waals surface area (Å²) in [7, 11) is 0. The number of nitrogens with zero attached hydrogens (tertiary/aromatic N) is 1. The van der Waals surface area contributed by atoms with Crippen LogP contribution in [0.3, 0.4) is 0 Å². The van der Waals surface area contributed by atoms with Crippen molar-refractivity contribution in [3.63, 3.8) is 0 Å². The number of nitrogens with one attached hydrogen (secondary N) is 1. The second kappa shape index (κ2) is 6.99. The maximum atomic E-state index is 10.9. The molecule has 0 saturated carbocycles. The normalized spacial score (nSPS) is 10.3. The molecule has 2 aromatic carbocycles. The largest absolute Gasteiger partial charge is 0.508 e. The van der Waals surface area contributed by atoms with Gasteiger partial charge in [0.15, 0.2) is 0 Å². The van der Waals surface area contributed by atoms with Crippen LogP contribution in [0.15, 0.2) is 47.4 Å². The Hall–Kier alpha value is -2.21. The average molecular weight is 304 g/mol. The van der Waals surface area contributed by atoms with Crippen LogP contribution in [0.4, 0.5) is 11.4 Å². The van der Waals surface area contributed by atoms with Crippen molar-refractivity contribution in [3.8, 4) is 5.75 Å². The van der Waals surface area contributed by atoms with E-state index in [1.165, 1.54) is 17.8 Å². The molecule has 2 aromatic rings. The molecule has 0 fully saturated rings. The topological polar surface area (TPSA) is 75.4 Å². The van der Waals surface area contributed by atoms with Crippen molar-refractivity contribution in [2.45, 2.75) is 17.6 Å². The van der Waals surface area contributed by atoms with Gasteiger partial charge in [0.2, 0.25) is 0 Å². The van der Waals surface area contributed by atoms with E-state index in [0.717, 1.165) is 22.7 Å². The first kappa shape index (κ1) is 15.2. The Bertz CT molecular complexity index is 647. The van der Waals surface area contributed by atoms with Gasteiger partial charge < -0.3 is 10.4 Å². The van der Waals surface area contributed by atoms with Crippen molar-refractivity contribution in [2.24, 2.45) is 0 Å². The molecule has 0 bridgehead atoms. The fraction of sp³-hybridized carbons (Fsp3) is 0.200. The highest BCUT2D eigenvalue weighted by Crippen LogP contribution is 2.30. The van der Waals surface area contributed by atoms with Crippen molar-refractivity contribution < 1.29 is 10.0 Å². The van der Waals surface area contributed by atoms with Crippen molar-refractivity contribution in [1.29, 1.82) is 0 Å². The van der Waals surface area contributed by atoms with Gasteiger partial charge in [0.1, 0.15) is 5.75 Å². The maximum Gasteiger partial charge on any atom is 0.269 e. The molecule has 5 nitrogen and oxygen atoms in total. The lowest BCUT2D eigenvalue weighted by molar-refractivity contribution is -0.384. The number of nitro benzene ring substituents is 1. The average Bonchev–Trinajstić information content (AvgIpc) is 2.46. The quantitative estimate of drug-likeness (QED) is 0.479. The summed E-state index contributed by atoms with van der Waals surface area (Å²) in [4.78, 5) is 11.4. The first-order chi connectivity index (χ1) is 10.1. The fourth-order valence-corrected chi connectivity index (χ4v) is 2.85. The Morgan fingerprint density at radius 2 is 2.10 bits per heavy atom.